The van der Waals surface area contributed by atoms with Crippen LogP contribution in [0.3, 0.4) is 0 Å². The fourth-order valence-corrected chi connectivity index (χ4v) is 2.96. The van der Waals surface area contributed by atoms with Crippen LogP contribution in [0.1, 0.15) is 51.4 Å². The predicted molar refractivity (Wildman–Crippen MR) is 85.9 cm³/mol. The summed E-state index contributed by atoms with van der Waals surface area (Å²) in [5.74, 6) is 1.61. The first kappa shape index (κ1) is 16.4. The monoisotopic (exact) mass is 321 g/mol. The van der Waals surface area contributed by atoms with Crippen LogP contribution >= 0.6 is 0 Å². The topological polar surface area (TPSA) is 74.5 Å². The van der Waals surface area contributed by atoms with Gasteiger partial charge in [-0.25, -0.2) is 0 Å². The molecule has 0 aromatic carbocycles. The summed E-state index contributed by atoms with van der Waals surface area (Å²) in [5, 5.41) is 7.07. The van der Waals surface area contributed by atoms with E-state index >= 15 is 0 Å². The molecule has 1 amide bonds. The van der Waals surface area contributed by atoms with Crippen molar-refractivity contribution in [3.05, 3.63) is 11.7 Å². The summed E-state index contributed by atoms with van der Waals surface area (Å²) in [4.78, 5) is 21.2. The first-order chi connectivity index (χ1) is 11.1. The van der Waals surface area contributed by atoms with Gasteiger partial charge < -0.3 is 9.84 Å². The van der Waals surface area contributed by atoms with Crippen molar-refractivity contribution in [2.75, 3.05) is 26.2 Å². The van der Waals surface area contributed by atoms with E-state index < -0.39 is 0 Å². The molecular weight excluding hydrogens is 294 g/mol. The molecule has 0 radical (unpaired) electrons. The zero-order valence-electron chi connectivity index (χ0n) is 14.3. The summed E-state index contributed by atoms with van der Waals surface area (Å²) in [6.07, 6.45) is 3.05. The number of amides is 1. The van der Waals surface area contributed by atoms with Crippen LogP contribution in [0.25, 0.3) is 0 Å². The van der Waals surface area contributed by atoms with E-state index in [9.17, 15) is 4.79 Å². The molecule has 7 heteroatoms. The number of piperazine rings is 1. The van der Waals surface area contributed by atoms with Gasteiger partial charge in [0.15, 0.2) is 5.82 Å². The minimum Gasteiger partial charge on any atom is -0.352 e. The number of carbonyl (C=O) groups excluding carboxylic acids is 1. The molecule has 0 spiro atoms. The van der Waals surface area contributed by atoms with Crippen LogP contribution in [0.5, 0.6) is 0 Å². The van der Waals surface area contributed by atoms with Gasteiger partial charge >= 0.3 is 0 Å². The number of nitrogens with zero attached hydrogens (tertiary/aromatic N) is 4. The number of aryl methyl sites for hydroxylation is 1. The van der Waals surface area contributed by atoms with Crippen LogP contribution in [0, 0.1) is 0 Å². The van der Waals surface area contributed by atoms with Crippen molar-refractivity contribution in [1.82, 2.24) is 25.3 Å². The highest BCUT2D eigenvalue weighted by atomic mass is 16.5. The molecule has 1 saturated carbocycles. The molecule has 2 heterocycles. The first-order valence-electron chi connectivity index (χ1n) is 8.69. The third-order valence-corrected chi connectivity index (χ3v) is 4.90. The van der Waals surface area contributed by atoms with Crippen LogP contribution < -0.4 is 5.32 Å². The summed E-state index contributed by atoms with van der Waals surface area (Å²) in [5.41, 5.74) is 0. The average Bonchev–Trinajstić information content (AvgIpc) is 3.26. The summed E-state index contributed by atoms with van der Waals surface area (Å²) in [7, 11) is 0. The number of aromatic nitrogens is 2. The number of hydrogen-bond acceptors (Lipinski definition) is 6. The van der Waals surface area contributed by atoms with Gasteiger partial charge in [-0.2, -0.15) is 4.98 Å². The van der Waals surface area contributed by atoms with Crippen LogP contribution in [0.4, 0.5) is 0 Å². The molecule has 128 valence electrons. The van der Waals surface area contributed by atoms with E-state index in [1.807, 2.05) is 13.8 Å². The third-order valence-electron chi connectivity index (χ3n) is 4.90. The summed E-state index contributed by atoms with van der Waals surface area (Å²) < 4.78 is 5.35. The van der Waals surface area contributed by atoms with E-state index in [2.05, 4.69) is 32.2 Å². The zero-order chi connectivity index (χ0) is 16.4. The third kappa shape index (κ3) is 3.90. The lowest BCUT2D eigenvalue weighted by Crippen LogP contribution is -2.54. The minimum atomic E-state index is -0.0526. The van der Waals surface area contributed by atoms with Crippen molar-refractivity contribution in [2.45, 2.75) is 58.2 Å². The summed E-state index contributed by atoms with van der Waals surface area (Å²) in [6.45, 7) is 9.72. The fourth-order valence-electron chi connectivity index (χ4n) is 2.96. The maximum atomic E-state index is 12.2. The molecule has 1 N–H and O–H groups in total. The van der Waals surface area contributed by atoms with E-state index in [1.54, 1.807) is 0 Å². The lowest BCUT2D eigenvalue weighted by Gasteiger charge is -2.39. The molecule has 1 saturated heterocycles. The Morgan fingerprint density at radius 3 is 2.48 bits per heavy atom. The number of nitrogens with one attached hydrogen (secondary N) is 1. The summed E-state index contributed by atoms with van der Waals surface area (Å²) >= 11 is 0. The van der Waals surface area contributed by atoms with Crippen molar-refractivity contribution >= 4 is 5.91 Å². The van der Waals surface area contributed by atoms with Gasteiger partial charge in [-0.1, -0.05) is 12.1 Å². The summed E-state index contributed by atoms with van der Waals surface area (Å²) in [6, 6.07) is 0.500. The highest BCUT2D eigenvalue weighted by molar-refractivity contribution is 5.81. The van der Waals surface area contributed by atoms with Crippen molar-refractivity contribution in [3.8, 4) is 0 Å². The van der Waals surface area contributed by atoms with E-state index in [4.69, 9.17) is 4.52 Å². The number of rotatable bonds is 6. The van der Waals surface area contributed by atoms with Crippen LogP contribution in [-0.4, -0.2) is 64.1 Å². The second-order valence-corrected chi connectivity index (χ2v) is 6.61. The molecule has 7 nitrogen and oxygen atoms in total. The molecule has 1 aliphatic carbocycles. The minimum absolute atomic E-state index is 0.0526. The maximum absolute atomic E-state index is 12.2. The quantitative estimate of drug-likeness (QED) is 0.842. The smallest absolute Gasteiger partial charge is 0.243 e. The van der Waals surface area contributed by atoms with Crippen molar-refractivity contribution < 1.29 is 9.32 Å². The molecule has 2 aliphatic rings. The lowest BCUT2D eigenvalue weighted by molar-refractivity contribution is -0.126. The van der Waals surface area contributed by atoms with Gasteiger partial charge in [-0.3, -0.25) is 14.6 Å². The SMILES string of the molecule is CCc1noc(C(C)N2CCN(C(C)C(=O)NC3CC3)CC2)n1. The molecular formula is C16H27N5O2. The lowest BCUT2D eigenvalue weighted by atomic mass is 10.2. The Labute approximate surface area is 137 Å². The normalized spacial score (nSPS) is 22.7. The van der Waals surface area contributed by atoms with E-state index in [0.29, 0.717) is 11.9 Å². The van der Waals surface area contributed by atoms with Crippen LogP contribution in [-0.2, 0) is 11.2 Å². The standard InChI is InChI=1S/C16H27N5O2/c1-4-14-18-16(23-19-14)12(3)21-9-7-20(8-10-21)11(2)15(22)17-13-5-6-13/h11-13H,4-10H2,1-3H3,(H,17,22). The van der Waals surface area contributed by atoms with Gasteiger partial charge in [0.2, 0.25) is 11.8 Å². The Morgan fingerprint density at radius 1 is 1.26 bits per heavy atom. The molecule has 3 rings (SSSR count). The molecule has 0 bridgehead atoms. The largest absolute Gasteiger partial charge is 0.352 e. The number of hydrogen-bond donors (Lipinski definition) is 1. The van der Waals surface area contributed by atoms with E-state index in [-0.39, 0.29) is 18.0 Å². The molecule has 1 aromatic rings. The Hall–Kier alpha value is -1.47. The average molecular weight is 321 g/mol. The Kier molecular flexibility index (Phi) is 4.96. The second-order valence-electron chi connectivity index (χ2n) is 6.61. The first-order valence-corrected chi connectivity index (χ1v) is 8.69. The number of carbonyl (C=O) groups is 1. The Balaban J connectivity index is 1.50. The zero-order valence-corrected chi connectivity index (χ0v) is 14.3. The van der Waals surface area contributed by atoms with Gasteiger partial charge in [0.05, 0.1) is 12.1 Å². The van der Waals surface area contributed by atoms with Crippen molar-refractivity contribution in [1.29, 1.82) is 0 Å². The van der Waals surface area contributed by atoms with Gasteiger partial charge in [-0.05, 0) is 26.7 Å². The van der Waals surface area contributed by atoms with Crippen molar-refractivity contribution in [2.24, 2.45) is 0 Å². The molecule has 1 aliphatic heterocycles. The van der Waals surface area contributed by atoms with Gasteiger partial charge in [0.25, 0.3) is 0 Å². The highest BCUT2D eigenvalue weighted by Gasteiger charge is 2.31. The molecule has 2 unspecified atom stereocenters. The van der Waals surface area contributed by atoms with E-state index in [0.717, 1.165) is 51.3 Å². The Bertz CT molecular complexity index is 534. The second kappa shape index (κ2) is 6.97. The maximum Gasteiger partial charge on any atom is 0.243 e. The molecule has 2 fully saturated rings. The van der Waals surface area contributed by atoms with Crippen molar-refractivity contribution in [3.63, 3.8) is 0 Å². The predicted octanol–water partition coefficient (Wildman–Crippen LogP) is 0.978. The van der Waals surface area contributed by atoms with Crippen LogP contribution in [0.15, 0.2) is 4.52 Å². The van der Waals surface area contributed by atoms with Gasteiger partial charge in [0.1, 0.15) is 0 Å². The highest BCUT2D eigenvalue weighted by Crippen LogP contribution is 2.22. The van der Waals surface area contributed by atoms with E-state index in [1.165, 1.54) is 0 Å². The molecule has 2 atom stereocenters. The molecule has 1 aromatic heterocycles. The van der Waals surface area contributed by atoms with Gasteiger partial charge in [0, 0.05) is 38.6 Å². The van der Waals surface area contributed by atoms with Crippen LogP contribution in [0.2, 0.25) is 0 Å². The Morgan fingerprint density at radius 2 is 1.91 bits per heavy atom. The van der Waals surface area contributed by atoms with Gasteiger partial charge in [-0.15, -0.1) is 0 Å². The fraction of sp³-hybridized carbons (Fsp3) is 0.812. The molecule has 23 heavy (non-hydrogen) atoms.